The van der Waals surface area contributed by atoms with Gasteiger partial charge in [-0.2, -0.15) is 10.2 Å². The van der Waals surface area contributed by atoms with Gasteiger partial charge < -0.3 is 9.84 Å². The number of piperidine rings is 1. The van der Waals surface area contributed by atoms with Crippen LogP contribution >= 0.6 is 0 Å². The van der Waals surface area contributed by atoms with Crippen LogP contribution in [0.3, 0.4) is 0 Å². The molecule has 0 spiro atoms. The van der Waals surface area contributed by atoms with Crippen molar-refractivity contribution in [2.75, 3.05) is 39.3 Å². The summed E-state index contributed by atoms with van der Waals surface area (Å²) in [5, 5.41) is 20.5. The first kappa shape index (κ1) is 20.4. The molecule has 0 saturated carbocycles. The van der Waals surface area contributed by atoms with Gasteiger partial charge in [0.25, 0.3) is 0 Å². The van der Waals surface area contributed by atoms with E-state index in [1.165, 1.54) is 32.4 Å². The minimum atomic E-state index is -0.479. The molecule has 3 aromatic rings. The number of aliphatic hydroxyl groups is 1. The minimum Gasteiger partial charge on any atom is -0.491 e. The molecule has 6 heteroatoms. The molecule has 2 aliphatic heterocycles. The van der Waals surface area contributed by atoms with Crippen molar-refractivity contribution in [3.63, 3.8) is 0 Å². The number of benzene rings is 2. The molecule has 0 bridgehead atoms. The number of aromatic nitrogens is 2. The molecule has 2 fully saturated rings. The highest BCUT2D eigenvalue weighted by Crippen LogP contribution is 2.27. The van der Waals surface area contributed by atoms with E-state index in [1.54, 1.807) is 12.4 Å². The molecule has 2 aliphatic rings. The van der Waals surface area contributed by atoms with Gasteiger partial charge in [0.1, 0.15) is 18.5 Å². The van der Waals surface area contributed by atoms with Gasteiger partial charge in [0.05, 0.1) is 12.4 Å². The molecule has 0 radical (unpaired) electrons. The highest BCUT2D eigenvalue weighted by molar-refractivity contribution is 5.88. The van der Waals surface area contributed by atoms with Crippen LogP contribution in [-0.2, 0) is 0 Å². The van der Waals surface area contributed by atoms with Gasteiger partial charge in [0, 0.05) is 31.2 Å². The fourth-order valence-electron chi connectivity index (χ4n) is 4.70. The number of fused-ring (bicyclic) bond motifs is 1. The molecule has 31 heavy (non-hydrogen) atoms. The van der Waals surface area contributed by atoms with E-state index in [2.05, 4.69) is 44.3 Å². The average Bonchev–Trinajstić information content (AvgIpc) is 2.80. The molecule has 0 amide bonds. The van der Waals surface area contributed by atoms with Crippen LogP contribution < -0.4 is 4.74 Å². The van der Waals surface area contributed by atoms with Gasteiger partial charge >= 0.3 is 0 Å². The molecule has 5 rings (SSSR count). The number of ether oxygens (including phenoxy) is 1. The van der Waals surface area contributed by atoms with Crippen molar-refractivity contribution in [1.82, 2.24) is 20.0 Å². The molecular weight excluding hydrogens is 388 g/mol. The third-order valence-electron chi connectivity index (χ3n) is 6.49. The van der Waals surface area contributed by atoms with Crippen LogP contribution in [0.4, 0.5) is 0 Å². The highest BCUT2D eigenvalue weighted by atomic mass is 16.5. The lowest BCUT2D eigenvalue weighted by molar-refractivity contribution is -0.0126. The van der Waals surface area contributed by atoms with Crippen molar-refractivity contribution in [2.45, 2.75) is 31.4 Å². The highest BCUT2D eigenvalue weighted by Gasteiger charge is 2.33. The summed E-state index contributed by atoms with van der Waals surface area (Å²) in [5.41, 5.74) is 2.14. The molecule has 2 saturated heterocycles. The second-order valence-corrected chi connectivity index (χ2v) is 8.79. The van der Waals surface area contributed by atoms with Crippen LogP contribution in [0.25, 0.3) is 21.9 Å². The Morgan fingerprint density at radius 3 is 2.58 bits per heavy atom. The first-order valence-corrected chi connectivity index (χ1v) is 11.3. The maximum atomic E-state index is 10.5. The molecule has 162 valence electrons. The lowest BCUT2D eigenvalue weighted by Crippen LogP contribution is -2.61. The van der Waals surface area contributed by atoms with Crippen LogP contribution in [0.5, 0.6) is 5.75 Å². The second-order valence-electron chi connectivity index (χ2n) is 8.79. The van der Waals surface area contributed by atoms with Crippen LogP contribution in [0, 0.1) is 0 Å². The lowest BCUT2D eigenvalue weighted by atomic mass is 10.0. The maximum Gasteiger partial charge on any atom is 0.120 e. The molecule has 1 atom stereocenters. The molecule has 2 aromatic carbocycles. The Balaban J connectivity index is 1.14. The summed E-state index contributed by atoms with van der Waals surface area (Å²) in [7, 11) is 0. The van der Waals surface area contributed by atoms with E-state index >= 15 is 0 Å². The summed E-state index contributed by atoms with van der Waals surface area (Å²) >= 11 is 0. The maximum absolute atomic E-state index is 10.5. The summed E-state index contributed by atoms with van der Waals surface area (Å²) in [6.45, 7) is 5.61. The second kappa shape index (κ2) is 9.30. The zero-order chi connectivity index (χ0) is 21.0. The normalized spacial score (nSPS) is 19.3. The number of aliphatic hydroxyl groups excluding tert-OH is 1. The average molecular weight is 419 g/mol. The van der Waals surface area contributed by atoms with Gasteiger partial charge in [-0.05, 0) is 66.5 Å². The first-order chi connectivity index (χ1) is 15.2. The summed E-state index contributed by atoms with van der Waals surface area (Å²) in [5.74, 6) is 0.784. The molecule has 3 heterocycles. The largest absolute Gasteiger partial charge is 0.491 e. The Bertz CT molecular complexity index is 1000. The number of nitrogens with zero attached hydrogens (tertiary/aromatic N) is 4. The van der Waals surface area contributed by atoms with Crippen LogP contribution in [-0.4, -0.2) is 76.6 Å². The predicted molar refractivity (Wildman–Crippen MR) is 122 cm³/mol. The predicted octanol–water partition coefficient (Wildman–Crippen LogP) is 3.21. The Morgan fingerprint density at radius 2 is 1.77 bits per heavy atom. The van der Waals surface area contributed by atoms with Crippen LogP contribution in [0.15, 0.2) is 54.9 Å². The third-order valence-corrected chi connectivity index (χ3v) is 6.49. The van der Waals surface area contributed by atoms with E-state index in [0.29, 0.717) is 19.2 Å². The first-order valence-electron chi connectivity index (χ1n) is 11.3. The van der Waals surface area contributed by atoms with Gasteiger partial charge in [-0.3, -0.25) is 9.80 Å². The molecular formula is C25H30N4O2. The number of rotatable bonds is 7. The molecule has 0 aliphatic carbocycles. The van der Waals surface area contributed by atoms with Gasteiger partial charge in [-0.25, -0.2) is 0 Å². The number of hydrogen-bond acceptors (Lipinski definition) is 6. The zero-order valence-corrected chi connectivity index (χ0v) is 17.9. The van der Waals surface area contributed by atoms with E-state index in [4.69, 9.17) is 4.74 Å². The summed E-state index contributed by atoms with van der Waals surface area (Å²) in [4.78, 5) is 4.96. The van der Waals surface area contributed by atoms with Crippen molar-refractivity contribution >= 4 is 10.8 Å². The molecule has 1 aromatic heterocycles. The van der Waals surface area contributed by atoms with Gasteiger partial charge in [-0.15, -0.1) is 0 Å². The van der Waals surface area contributed by atoms with E-state index in [-0.39, 0.29) is 0 Å². The number of likely N-dealkylation sites (tertiary alicyclic amines) is 2. The van der Waals surface area contributed by atoms with Crippen molar-refractivity contribution in [3.05, 3.63) is 54.9 Å². The van der Waals surface area contributed by atoms with E-state index in [9.17, 15) is 5.11 Å². The number of hydrogen-bond donors (Lipinski definition) is 1. The van der Waals surface area contributed by atoms with E-state index < -0.39 is 6.10 Å². The van der Waals surface area contributed by atoms with E-state index in [1.807, 2.05) is 18.2 Å². The Kier molecular flexibility index (Phi) is 6.11. The number of β-amino-alcohol motifs (C(OH)–C–C–N with tert-alkyl or cyclic N) is 1. The van der Waals surface area contributed by atoms with Crippen LogP contribution in [0.2, 0.25) is 0 Å². The third kappa shape index (κ3) is 4.87. The van der Waals surface area contributed by atoms with Gasteiger partial charge in [0.2, 0.25) is 0 Å². The summed E-state index contributed by atoms with van der Waals surface area (Å²) < 4.78 is 5.92. The molecule has 1 unspecified atom stereocenters. The minimum absolute atomic E-state index is 0.310. The summed E-state index contributed by atoms with van der Waals surface area (Å²) in [6.07, 6.45) is 7.03. The topological polar surface area (TPSA) is 61.7 Å². The Morgan fingerprint density at radius 1 is 0.935 bits per heavy atom. The Hall–Kier alpha value is -2.54. The van der Waals surface area contributed by atoms with E-state index in [0.717, 1.165) is 40.7 Å². The SMILES string of the molecule is OC(COc1ccc2ccc(-c3ccnnc3)cc2c1)CN1CC(N2CCCCC2)C1. The quantitative estimate of drug-likeness (QED) is 0.636. The van der Waals surface area contributed by atoms with Gasteiger partial charge in [0.15, 0.2) is 0 Å². The smallest absolute Gasteiger partial charge is 0.120 e. The summed E-state index contributed by atoms with van der Waals surface area (Å²) in [6, 6.07) is 15.0. The molecule has 6 nitrogen and oxygen atoms in total. The van der Waals surface area contributed by atoms with Crippen molar-refractivity contribution < 1.29 is 9.84 Å². The van der Waals surface area contributed by atoms with Gasteiger partial charge in [-0.1, -0.05) is 24.6 Å². The monoisotopic (exact) mass is 418 g/mol. The fourth-order valence-corrected chi connectivity index (χ4v) is 4.70. The van der Waals surface area contributed by atoms with Crippen LogP contribution in [0.1, 0.15) is 19.3 Å². The fraction of sp³-hybridized carbons (Fsp3) is 0.440. The Labute approximate surface area is 183 Å². The van der Waals surface area contributed by atoms with Crippen molar-refractivity contribution in [3.8, 4) is 16.9 Å². The lowest BCUT2D eigenvalue weighted by Gasteiger charge is -2.47. The standard InChI is InChI=1S/C25H30N4O2/c30-24(17-28-15-23(16-28)29-10-2-1-3-11-29)18-31-25-7-6-19-4-5-20(12-22(19)13-25)21-8-9-26-27-14-21/h4-9,12-14,23-24,30H,1-3,10-11,15-18H2. The molecule has 1 N–H and O–H groups in total. The zero-order valence-electron chi connectivity index (χ0n) is 17.9. The van der Waals surface area contributed by atoms with Crippen molar-refractivity contribution in [2.24, 2.45) is 0 Å². The van der Waals surface area contributed by atoms with Crippen molar-refractivity contribution in [1.29, 1.82) is 0 Å².